The molecule has 1 rings (SSSR count). The molecule has 1 aromatic rings. The molecule has 0 unspecified atom stereocenters. The number of esters is 1. The Balaban J connectivity index is 3.01. The molecule has 0 saturated heterocycles. The summed E-state index contributed by atoms with van der Waals surface area (Å²) < 4.78 is 4.95. The molecule has 0 aliphatic rings. The molecular weight excluding hydrogens is 264 g/mol. The van der Waals surface area contributed by atoms with Crippen LogP contribution in [-0.4, -0.2) is 25.7 Å². The van der Waals surface area contributed by atoms with Crippen LogP contribution in [0.5, 0.6) is 0 Å². The number of halogens is 1. The van der Waals surface area contributed by atoms with E-state index in [4.69, 9.17) is 21.6 Å². The molecule has 0 aliphatic carbocycles. The van der Waals surface area contributed by atoms with E-state index in [9.17, 15) is 4.79 Å². The molecule has 0 N–H and O–H groups in total. The number of nitriles is 1. The molecule has 5 heteroatoms. The fourth-order valence-corrected chi connectivity index (χ4v) is 1.94. The number of benzene rings is 1. The maximum absolute atomic E-state index is 11.6. The molecular formula is C14H17ClN2O2. The predicted molar refractivity (Wildman–Crippen MR) is 75.3 cm³/mol. The lowest BCUT2D eigenvalue weighted by molar-refractivity contribution is -0.141. The van der Waals surface area contributed by atoms with Gasteiger partial charge in [0, 0.05) is 11.6 Å². The zero-order valence-electron chi connectivity index (χ0n) is 11.1. The maximum atomic E-state index is 11.6. The summed E-state index contributed by atoms with van der Waals surface area (Å²) in [7, 11) is 0. The van der Waals surface area contributed by atoms with Crippen molar-refractivity contribution in [3.63, 3.8) is 0 Å². The van der Waals surface area contributed by atoms with Crippen LogP contribution in [0.2, 0.25) is 5.02 Å². The van der Waals surface area contributed by atoms with Crippen LogP contribution in [0, 0.1) is 11.3 Å². The second-order valence-electron chi connectivity index (χ2n) is 4.00. The third-order valence-corrected chi connectivity index (χ3v) is 2.77. The largest absolute Gasteiger partial charge is 0.465 e. The lowest BCUT2D eigenvalue weighted by Gasteiger charge is -2.24. The van der Waals surface area contributed by atoms with Gasteiger partial charge in [-0.05, 0) is 31.5 Å². The summed E-state index contributed by atoms with van der Waals surface area (Å²) in [6, 6.07) is 7.14. The minimum Gasteiger partial charge on any atom is -0.465 e. The number of carbonyl (C=O) groups is 1. The molecule has 4 nitrogen and oxygen atoms in total. The molecule has 0 aromatic heterocycles. The second kappa shape index (κ2) is 7.65. The number of ether oxygens (including phenoxy) is 1. The Morgan fingerprint density at radius 3 is 2.79 bits per heavy atom. The number of rotatable bonds is 6. The number of hydrogen-bond acceptors (Lipinski definition) is 4. The number of anilines is 1. The Morgan fingerprint density at radius 1 is 1.47 bits per heavy atom. The molecule has 102 valence electrons. The SMILES string of the molecule is CCCN(CC(=O)OCC)c1cc(Cl)ccc1C#N. The van der Waals surface area contributed by atoms with Crippen LogP contribution in [0.15, 0.2) is 18.2 Å². The van der Waals surface area contributed by atoms with Crippen LogP contribution in [0.1, 0.15) is 25.8 Å². The summed E-state index contributed by atoms with van der Waals surface area (Å²) in [5.41, 5.74) is 1.17. The molecule has 0 fully saturated rings. The van der Waals surface area contributed by atoms with Gasteiger partial charge in [0.25, 0.3) is 0 Å². The zero-order valence-corrected chi connectivity index (χ0v) is 11.9. The van der Waals surface area contributed by atoms with E-state index >= 15 is 0 Å². The van der Waals surface area contributed by atoms with Crippen LogP contribution >= 0.6 is 11.6 Å². The molecule has 19 heavy (non-hydrogen) atoms. The average molecular weight is 281 g/mol. The first-order valence-corrected chi connectivity index (χ1v) is 6.60. The highest BCUT2D eigenvalue weighted by Crippen LogP contribution is 2.24. The lowest BCUT2D eigenvalue weighted by Crippen LogP contribution is -2.32. The van der Waals surface area contributed by atoms with Gasteiger partial charge in [0.15, 0.2) is 0 Å². The first-order chi connectivity index (χ1) is 9.12. The molecule has 1 aromatic carbocycles. The normalized spacial score (nSPS) is 9.79. The van der Waals surface area contributed by atoms with Crippen molar-refractivity contribution in [3.8, 4) is 6.07 Å². The van der Waals surface area contributed by atoms with Gasteiger partial charge in [0.05, 0.1) is 17.9 Å². The molecule has 0 saturated carbocycles. The van der Waals surface area contributed by atoms with Gasteiger partial charge in [0.1, 0.15) is 12.6 Å². The van der Waals surface area contributed by atoms with Gasteiger partial charge in [-0.25, -0.2) is 0 Å². The van der Waals surface area contributed by atoms with E-state index in [1.54, 1.807) is 25.1 Å². The van der Waals surface area contributed by atoms with Crippen LogP contribution in [0.25, 0.3) is 0 Å². The summed E-state index contributed by atoms with van der Waals surface area (Å²) in [4.78, 5) is 13.4. The maximum Gasteiger partial charge on any atom is 0.325 e. The van der Waals surface area contributed by atoms with Crippen molar-refractivity contribution < 1.29 is 9.53 Å². The van der Waals surface area contributed by atoms with E-state index in [0.717, 1.165) is 6.42 Å². The summed E-state index contributed by atoms with van der Waals surface area (Å²) >= 11 is 5.96. The Morgan fingerprint density at radius 2 is 2.21 bits per heavy atom. The Kier molecular flexibility index (Phi) is 6.17. The minimum atomic E-state index is -0.306. The summed E-state index contributed by atoms with van der Waals surface area (Å²) in [5, 5.41) is 9.67. The van der Waals surface area contributed by atoms with Crippen molar-refractivity contribution in [2.75, 3.05) is 24.6 Å². The number of nitrogens with zero attached hydrogens (tertiary/aromatic N) is 2. The first kappa shape index (κ1) is 15.3. The van der Waals surface area contributed by atoms with Crippen LogP contribution in [0.3, 0.4) is 0 Å². The van der Waals surface area contributed by atoms with Gasteiger partial charge in [0.2, 0.25) is 0 Å². The summed E-state index contributed by atoms with van der Waals surface area (Å²) in [6.45, 7) is 4.90. The van der Waals surface area contributed by atoms with E-state index in [1.807, 2.05) is 11.8 Å². The lowest BCUT2D eigenvalue weighted by atomic mass is 10.1. The number of carbonyl (C=O) groups excluding carboxylic acids is 1. The predicted octanol–water partition coefficient (Wildman–Crippen LogP) is 2.99. The molecule has 0 spiro atoms. The van der Waals surface area contributed by atoms with Gasteiger partial charge < -0.3 is 9.64 Å². The van der Waals surface area contributed by atoms with E-state index in [0.29, 0.717) is 29.4 Å². The Labute approximate surface area is 118 Å². The Bertz CT molecular complexity index is 483. The van der Waals surface area contributed by atoms with E-state index in [1.165, 1.54) is 0 Å². The fraction of sp³-hybridized carbons (Fsp3) is 0.429. The summed E-state index contributed by atoms with van der Waals surface area (Å²) in [6.07, 6.45) is 0.858. The van der Waals surface area contributed by atoms with Crippen molar-refractivity contribution in [2.45, 2.75) is 20.3 Å². The van der Waals surface area contributed by atoms with Gasteiger partial charge in [-0.15, -0.1) is 0 Å². The topological polar surface area (TPSA) is 53.3 Å². The zero-order chi connectivity index (χ0) is 14.3. The highest BCUT2D eigenvalue weighted by molar-refractivity contribution is 6.30. The van der Waals surface area contributed by atoms with E-state index in [-0.39, 0.29) is 12.5 Å². The summed E-state index contributed by atoms with van der Waals surface area (Å²) in [5.74, 6) is -0.306. The second-order valence-corrected chi connectivity index (χ2v) is 4.44. The molecule has 0 heterocycles. The van der Waals surface area contributed by atoms with E-state index < -0.39 is 0 Å². The van der Waals surface area contributed by atoms with Crippen LogP contribution in [-0.2, 0) is 9.53 Å². The van der Waals surface area contributed by atoms with Gasteiger partial charge in [-0.1, -0.05) is 18.5 Å². The molecule has 0 aliphatic heterocycles. The van der Waals surface area contributed by atoms with Gasteiger partial charge in [-0.3, -0.25) is 4.79 Å². The van der Waals surface area contributed by atoms with Crippen molar-refractivity contribution in [3.05, 3.63) is 28.8 Å². The van der Waals surface area contributed by atoms with Gasteiger partial charge in [-0.2, -0.15) is 5.26 Å². The van der Waals surface area contributed by atoms with Crippen molar-refractivity contribution >= 4 is 23.3 Å². The highest BCUT2D eigenvalue weighted by atomic mass is 35.5. The quantitative estimate of drug-likeness (QED) is 0.752. The third-order valence-electron chi connectivity index (χ3n) is 2.54. The average Bonchev–Trinajstić information content (AvgIpc) is 2.38. The first-order valence-electron chi connectivity index (χ1n) is 6.22. The van der Waals surface area contributed by atoms with Gasteiger partial charge >= 0.3 is 5.97 Å². The standard InChI is InChI=1S/C14H17ClN2O2/c1-3-7-17(10-14(18)19-4-2)13-8-12(15)6-5-11(13)9-16/h5-6,8H,3-4,7,10H2,1-2H3. The monoisotopic (exact) mass is 280 g/mol. The molecule has 0 amide bonds. The highest BCUT2D eigenvalue weighted by Gasteiger charge is 2.15. The minimum absolute atomic E-state index is 0.122. The van der Waals surface area contributed by atoms with Crippen molar-refractivity contribution in [1.82, 2.24) is 0 Å². The van der Waals surface area contributed by atoms with Crippen molar-refractivity contribution in [2.24, 2.45) is 0 Å². The van der Waals surface area contributed by atoms with Crippen molar-refractivity contribution in [1.29, 1.82) is 5.26 Å². The number of hydrogen-bond donors (Lipinski definition) is 0. The molecule has 0 atom stereocenters. The van der Waals surface area contributed by atoms with Crippen LogP contribution in [0.4, 0.5) is 5.69 Å². The van der Waals surface area contributed by atoms with Crippen LogP contribution < -0.4 is 4.90 Å². The Hall–Kier alpha value is -1.73. The van der Waals surface area contributed by atoms with E-state index in [2.05, 4.69) is 6.07 Å². The third kappa shape index (κ3) is 4.46. The molecule has 0 bridgehead atoms. The fourth-order valence-electron chi connectivity index (χ4n) is 1.78. The molecule has 0 radical (unpaired) electrons. The smallest absolute Gasteiger partial charge is 0.325 e.